The standard InChI is InChI=1S/C18H26F2N2O2/c1-6-8-21-16(13-9-14(19)11-15(20)10-13)12-22(7-2)17(23)24-18(3,4)5/h6,9-11,16,21H,1,7-8,12H2,2-5H3. The molecule has 24 heavy (non-hydrogen) atoms. The van der Waals surface area contributed by atoms with Gasteiger partial charge in [0.2, 0.25) is 0 Å². The van der Waals surface area contributed by atoms with Gasteiger partial charge in [-0.2, -0.15) is 0 Å². The number of hydrogen-bond donors (Lipinski definition) is 1. The first-order chi connectivity index (χ1) is 11.2. The molecule has 1 rings (SSSR count). The van der Waals surface area contributed by atoms with Crippen LogP contribution >= 0.6 is 0 Å². The van der Waals surface area contributed by atoms with E-state index in [0.29, 0.717) is 18.7 Å². The number of ether oxygens (including phenoxy) is 1. The van der Waals surface area contributed by atoms with Crippen LogP contribution in [0.25, 0.3) is 0 Å². The smallest absolute Gasteiger partial charge is 0.410 e. The predicted molar refractivity (Wildman–Crippen MR) is 90.8 cm³/mol. The van der Waals surface area contributed by atoms with Crippen molar-refractivity contribution < 1.29 is 18.3 Å². The average Bonchev–Trinajstić information content (AvgIpc) is 2.44. The van der Waals surface area contributed by atoms with Crippen LogP contribution in [0.1, 0.15) is 39.3 Å². The van der Waals surface area contributed by atoms with Crippen LogP contribution in [0, 0.1) is 11.6 Å². The molecule has 0 bridgehead atoms. The second kappa shape index (κ2) is 8.78. The molecule has 1 N–H and O–H groups in total. The predicted octanol–water partition coefficient (Wildman–Crippen LogP) is 4.04. The lowest BCUT2D eigenvalue weighted by Gasteiger charge is -2.30. The quantitative estimate of drug-likeness (QED) is 0.762. The van der Waals surface area contributed by atoms with Crippen LogP contribution in [0.3, 0.4) is 0 Å². The molecule has 134 valence electrons. The monoisotopic (exact) mass is 340 g/mol. The van der Waals surface area contributed by atoms with E-state index in [0.717, 1.165) is 6.07 Å². The molecule has 0 aliphatic heterocycles. The van der Waals surface area contributed by atoms with Gasteiger partial charge < -0.3 is 15.0 Å². The Morgan fingerprint density at radius 3 is 2.38 bits per heavy atom. The zero-order valence-electron chi connectivity index (χ0n) is 14.7. The fraction of sp³-hybridized carbons (Fsp3) is 0.500. The van der Waals surface area contributed by atoms with Crippen LogP contribution in [0.4, 0.5) is 13.6 Å². The van der Waals surface area contributed by atoms with Gasteiger partial charge in [0.05, 0.1) is 6.04 Å². The lowest BCUT2D eigenvalue weighted by atomic mass is 10.1. The number of likely N-dealkylation sites (N-methyl/N-ethyl adjacent to an activating group) is 1. The van der Waals surface area contributed by atoms with Crippen LogP contribution in [0.2, 0.25) is 0 Å². The lowest BCUT2D eigenvalue weighted by molar-refractivity contribution is 0.0243. The van der Waals surface area contributed by atoms with Crippen molar-refractivity contribution in [2.75, 3.05) is 19.6 Å². The molecule has 0 spiro atoms. The van der Waals surface area contributed by atoms with Gasteiger partial charge >= 0.3 is 6.09 Å². The Morgan fingerprint density at radius 1 is 1.33 bits per heavy atom. The highest BCUT2D eigenvalue weighted by molar-refractivity contribution is 5.68. The first kappa shape index (κ1) is 20.1. The molecule has 4 nitrogen and oxygen atoms in total. The number of amides is 1. The minimum absolute atomic E-state index is 0.224. The first-order valence-electron chi connectivity index (χ1n) is 7.94. The van der Waals surface area contributed by atoms with Crippen LogP contribution in [0.5, 0.6) is 0 Å². The van der Waals surface area contributed by atoms with Crippen LogP contribution in [-0.4, -0.2) is 36.2 Å². The van der Waals surface area contributed by atoms with E-state index >= 15 is 0 Å². The third-order valence-corrected chi connectivity index (χ3v) is 3.23. The number of nitrogens with one attached hydrogen (secondary N) is 1. The third kappa shape index (κ3) is 6.66. The minimum atomic E-state index is -0.657. The van der Waals surface area contributed by atoms with E-state index in [1.54, 1.807) is 26.8 Å². The van der Waals surface area contributed by atoms with E-state index in [1.807, 2.05) is 6.92 Å². The van der Waals surface area contributed by atoms with Gasteiger partial charge in [0.15, 0.2) is 0 Å². The van der Waals surface area contributed by atoms with Crippen molar-refractivity contribution >= 4 is 6.09 Å². The summed E-state index contributed by atoms with van der Waals surface area (Å²) in [5, 5.41) is 3.12. The molecule has 0 aliphatic rings. The van der Waals surface area contributed by atoms with Crippen LogP contribution in [0.15, 0.2) is 30.9 Å². The van der Waals surface area contributed by atoms with E-state index in [2.05, 4.69) is 11.9 Å². The van der Waals surface area contributed by atoms with Crippen molar-refractivity contribution in [3.63, 3.8) is 0 Å². The molecule has 1 aromatic rings. The van der Waals surface area contributed by atoms with Gasteiger partial charge in [-0.15, -0.1) is 6.58 Å². The number of nitrogens with zero attached hydrogens (tertiary/aromatic N) is 1. The highest BCUT2D eigenvalue weighted by Crippen LogP contribution is 2.19. The first-order valence-corrected chi connectivity index (χ1v) is 7.94. The molecule has 0 fully saturated rings. The van der Waals surface area contributed by atoms with Crippen molar-refractivity contribution in [1.82, 2.24) is 10.2 Å². The molecule has 0 saturated heterocycles. The van der Waals surface area contributed by atoms with E-state index in [4.69, 9.17) is 4.74 Å². The van der Waals surface area contributed by atoms with Crippen LogP contribution in [-0.2, 0) is 4.74 Å². The molecule has 0 saturated carbocycles. The molecule has 0 aromatic heterocycles. The Hall–Kier alpha value is -1.95. The summed E-state index contributed by atoms with van der Waals surface area (Å²) in [5.41, 5.74) is -0.184. The second-order valence-corrected chi connectivity index (χ2v) is 6.47. The molecule has 1 amide bonds. The van der Waals surface area contributed by atoms with Gasteiger partial charge in [-0.3, -0.25) is 0 Å². The maximum atomic E-state index is 13.5. The number of benzene rings is 1. The van der Waals surface area contributed by atoms with E-state index in [-0.39, 0.29) is 6.54 Å². The summed E-state index contributed by atoms with van der Waals surface area (Å²) in [6, 6.07) is 2.89. The van der Waals surface area contributed by atoms with Crippen molar-refractivity contribution in [2.24, 2.45) is 0 Å². The summed E-state index contributed by atoms with van der Waals surface area (Å²) >= 11 is 0. The maximum absolute atomic E-state index is 13.5. The minimum Gasteiger partial charge on any atom is -0.444 e. The fourth-order valence-electron chi connectivity index (χ4n) is 2.17. The van der Waals surface area contributed by atoms with Crippen molar-refractivity contribution in [2.45, 2.75) is 39.3 Å². The average molecular weight is 340 g/mol. The summed E-state index contributed by atoms with van der Waals surface area (Å²) in [4.78, 5) is 13.8. The molecule has 6 heteroatoms. The lowest BCUT2D eigenvalue weighted by Crippen LogP contribution is -2.42. The Bertz CT molecular complexity index is 550. The van der Waals surface area contributed by atoms with Gasteiger partial charge in [-0.25, -0.2) is 13.6 Å². The summed E-state index contributed by atoms with van der Waals surface area (Å²) < 4.78 is 32.4. The van der Waals surface area contributed by atoms with Gasteiger partial charge in [0, 0.05) is 25.7 Å². The summed E-state index contributed by atoms with van der Waals surface area (Å²) in [6.45, 7) is 11.9. The molecule has 0 heterocycles. The highest BCUT2D eigenvalue weighted by atomic mass is 19.1. The number of halogens is 2. The topological polar surface area (TPSA) is 41.6 Å². The Morgan fingerprint density at radius 2 is 1.92 bits per heavy atom. The Balaban J connectivity index is 2.98. The van der Waals surface area contributed by atoms with Gasteiger partial charge in [-0.1, -0.05) is 6.08 Å². The molecule has 0 aliphatic carbocycles. The Labute approximate surface area is 142 Å². The van der Waals surface area contributed by atoms with Gasteiger partial charge in [0.1, 0.15) is 17.2 Å². The summed E-state index contributed by atoms with van der Waals surface area (Å²) in [5.74, 6) is -1.31. The van der Waals surface area contributed by atoms with Crippen molar-refractivity contribution in [3.8, 4) is 0 Å². The number of hydrogen-bond acceptors (Lipinski definition) is 3. The van der Waals surface area contributed by atoms with Crippen LogP contribution < -0.4 is 5.32 Å². The second-order valence-electron chi connectivity index (χ2n) is 6.47. The van der Waals surface area contributed by atoms with Gasteiger partial charge in [0.25, 0.3) is 0 Å². The van der Waals surface area contributed by atoms with Gasteiger partial charge in [-0.05, 0) is 45.4 Å². The zero-order chi connectivity index (χ0) is 18.3. The third-order valence-electron chi connectivity index (χ3n) is 3.23. The van der Waals surface area contributed by atoms with E-state index in [1.165, 1.54) is 17.0 Å². The summed E-state index contributed by atoms with van der Waals surface area (Å²) in [7, 11) is 0. The molecular weight excluding hydrogens is 314 g/mol. The Kier molecular flexibility index (Phi) is 7.35. The maximum Gasteiger partial charge on any atom is 0.410 e. The largest absolute Gasteiger partial charge is 0.444 e. The molecule has 1 aromatic carbocycles. The molecule has 1 atom stereocenters. The molecule has 0 radical (unpaired) electrons. The van der Waals surface area contributed by atoms with E-state index < -0.39 is 29.4 Å². The highest BCUT2D eigenvalue weighted by Gasteiger charge is 2.24. The molecular formula is C18H26F2N2O2. The number of carbonyl (C=O) groups excluding carboxylic acids is 1. The number of rotatable bonds is 7. The normalized spacial score (nSPS) is 12.6. The van der Waals surface area contributed by atoms with Crippen molar-refractivity contribution in [3.05, 3.63) is 48.1 Å². The number of carbonyl (C=O) groups is 1. The molecule has 1 unspecified atom stereocenters. The SMILES string of the molecule is C=CCNC(CN(CC)C(=O)OC(C)(C)C)c1cc(F)cc(F)c1. The fourth-order valence-corrected chi connectivity index (χ4v) is 2.17. The zero-order valence-corrected chi connectivity index (χ0v) is 14.7. The van der Waals surface area contributed by atoms with Crippen molar-refractivity contribution in [1.29, 1.82) is 0 Å². The van der Waals surface area contributed by atoms with E-state index in [9.17, 15) is 13.6 Å². The summed E-state index contributed by atoms with van der Waals surface area (Å²) in [6.07, 6.45) is 1.18.